The highest BCUT2D eigenvalue weighted by molar-refractivity contribution is 5.91. The van der Waals surface area contributed by atoms with Gasteiger partial charge in [0.15, 0.2) is 0 Å². The predicted molar refractivity (Wildman–Crippen MR) is 136 cm³/mol. The van der Waals surface area contributed by atoms with Crippen molar-refractivity contribution in [3.63, 3.8) is 0 Å². The van der Waals surface area contributed by atoms with E-state index in [1.165, 1.54) is 17.7 Å². The summed E-state index contributed by atoms with van der Waals surface area (Å²) in [5.74, 6) is -0.0545. The largest absolute Gasteiger partial charge is 0.478 e. The Morgan fingerprint density at radius 3 is 2.31 bits per heavy atom. The molecule has 1 aromatic heterocycles. The summed E-state index contributed by atoms with van der Waals surface area (Å²) in [4.78, 5) is 23.6. The normalized spacial score (nSPS) is 12.3. The molecule has 0 saturated heterocycles. The van der Waals surface area contributed by atoms with Crippen LogP contribution in [-0.2, 0) is 0 Å². The Morgan fingerprint density at radius 1 is 1.03 bits per heavy atom. The summed E-state index contributed by atoms with van der Waals surface area (Å²) in [6.07, 6.45) is 7.14. The maximum absolute atomic E-state index is 12.6. The van der Waals surface area contributed by atoms with Crippen LogP contribution in [0.4, 0.5) is 10.5 Å². The first-order valence-corrected chi connectivity index (χ1v) is 11.1. The first-order valence-electron chi connectivity index (χ1n) is 11.1. The second-order valence-electron chi connectivity index (χ2n) is 8.13. The van der Waals surface area contributed by atoms with E-state index >= 15 is 0 Å². The van der Waals surface area contributed by atoms with Crippen molar-refractivity contribution >= 4 is 23.3 Å². The van der Waals surface area contributed by atoms with Crippen molar-refractivity contribution in [1.82, 2.24) is 15.5 Å². The van der Waals surface area contributed by atoms with Crippen LogP contribution in [0.3, 0.4) is 0 Å². The Balaban J connectivity index is 1.73. The average Bonchev–Trinajstić information content (AvgIpc) is 3.33. The maximum atomic E-state index is 12.6. The van der Waals surface area contributed by atoms with Gasteiger partial charge in [-0.15, -0.1) is 10.2 Å². The zero-order chi connectivity index (χ0) is 25.4. The Hall–Kier alpha value is -4.46. The average molecular weight is 473 g/mol. The number of hydrogen-bond donors (Lipinski definition) is 3. The molecule has 0 spiro atoms. The fourth-order valence-corrected chi connectivity index (χ4v) is 3.12. The van der Waals surface area contributed by atoms with E-state index in [-0.39, 0.29) is 23.4 Å². The van der Waals surface area contributed by atoms with E-state index in [9.17, 15) is 9.59 Å². The van der Waals surface area contributed by atoms with E-state index in [1.54, 1.807) is 37.3 Å². The molecule has 180 valence electrons. The number of carboxylic acids is 1. The third-order valence-electron chi connectivity index (χ3n) is 5.07. The van der Waals surface area contributed by atoms with Crippen LogP contribution >= 0.6 is 0 Å². The number of nitrogens with zero attached hydrogens (tertiary/aromatic N) is 2. The third-order valence-corrected chi connectivity index (χ3v) is 5.07. The molecule has 0 fully saturated rings. The monoisotopic (exact) mass is 472 g/mol. The number of allylic oxidation sites excluding steroid dienone is 5. The maximum Gasteiger partial charge on any atom is 0.335 e. The zero-order valence-electron chi connectivity index (χ0n) is 20.1. The lowest BCUT2D eigenvalue weighted by Gasteiger charge is -2.10. The van der Waals surface area contributed by atoms with Crippen molar-refractivity contribution in [1.29, 1.82) is 0 Å². The third kappa shape index (κ3) is 7.01. The van der Waals surface area contributed by atoms with Crippen LogP contribution in [0.25, 0.3) is 17.0 Å². The molecular weight excluding hydrogens is 444 g/mol. The molecule has 3 N–H and O–H groups in total. The van der Waals surface area contributed by atoms with E-state index in [2.05, 4.69) is 34.7 Å². The van der Waals surface area contributed by atoms with Crippen LogP contribution in [0.5, 0.6) is 0 Å². The van der Waals surface area contributed by atoms with Gasteiger partial charge in [-0.1, -0.05) is 38.1 Å². The molecule has 1 heterocycles. The molecule has 35 heavy (non-hydrogen) atoms. The summed E-state index contributed by atoms with van der Waals surface area (Å²) in [6, 6.07) is 13.5. The number of benzene rings is 2. The second-order valence-corrected chi connectivity index (χ2v) is 8.13. The molecule has 2 aromatic carbocycles. The van der Waals surface area contributed by atoms with Gasteiger partial charge in [-0.25, -0.2) is 9.59 Å². The molecule has 0 aliphatic rings. The fraction of sp³-hybridized carbons (Fsp3) is 0.185. The van der Waals surface area contributed by atoms with Crippen LogP contribution in [0.1, 0.15) is 55.4 Å². The molecule has 0 aliphatic carbocycles. The van der Waals surface area contributed by atoms with Crippen LogP contribution in [0, 0.1) is 0 Å². The number of carbonyl (C=O) groups is 2. The Labute approximate surface area is 204 Å². The number of carboxylic acid groups (broad SMARTS) is 1. The summed E-state index contributed by atoms with van der Waals surface area (Å²) in [7, 11) is 0. The topological polar surface area (TPSA) is 117 Å². The van der Waals surface area contributed by atoms with Gasteiger partial charge in [0.2, 0.25) is 11.8 Å². The molecule has 0 saturated carbocycles. The van der Waals surface area contributed by atoms with Crippen molar-refractivity contribution in [2.75, 3.05) is 5.32 Å². The number of aromatic nitrogens is 2. The minimum atomic E-state index is -1.01. The van der Waals surface area contributed by atoms with Gasteiger partial charge in [0.1, 0.15) is 0 Å². The lowest BCUT2D eigenvalue weighted by Crippen LogP contribution is -2.27. The molecule has 0 unspecified atom stereocenters. The quantitative estimate of drug-likeness (QED) is 0.334. The number of nitrogens with one attached hydrogen (secondary N) is 2. The Morgan fingerprint density at radius 2 is 1.71 bits per heavy atom. The zero-order valence-corrected chi connectivity index (χ0v) is 20.1. The molecule has 3 aromatic rings. The van der Waals surface area contributed by atoms with Crippen molar-refractivity contribution in [3.05, 3.63) is 95.5 Å². The van der Waals surface area contributed by atoms with Gasteiger partial charge in [-0.05, 0) is 73.9 Å². The number of amides is 2. The highest BCUT2D eigenvalue weighted by Crippen LogP contribution is 2.22. The summed E-state index contributed by atoms with van der Waals surface area (Å²) in [6.45, 7) is 7.90. The molecule has 8 heteroatoms. The van der Waals surface area contributed by atoms with Crippen LogP contribution < -0.4 is 10.6 Å². The molecule has 2 amide bonds. The van der Waals surface area contributed by atoms with Gasteiger partial charge in [-0.2, -0.15) is 0 Å². The van der Waals surface area contributed by atoms with E-state index in [4.69, 9.17) is 9.52 Å². The van der Waals surface area contributed by atoms with Gasteiger partial charge in [-0.3, -0.25) is 0 Å². The standard InChI is InChI=1S/C27H28N4O4/c1-5-6-7-23(29-27(34)28-22-14-12-19(13-15-22)17(2)3)16-18(4)24-30-31-25(35-24)20-8-10-21(11-9-20)26(32)33/h5-17H,1-4H3,(H,32,33)(H2,28,29,34)/b6-5-,18-16+,23-7+. The molecule has 8 nitrogen and oxygen atoms in total. The predicted octanol–water partition coefficient (Wildman–Crippen LogP) is 6.24. The van der Waals surface area contributed by atoms with Crippen LogP contribution in [0.15, 0.2) is 82.9 Å². The number of carbonyl (C=O) groups excluding carboxylic acids is 1. The number of anilines is 1. The number of hydrogen-bond acceptors (Lipinski definition) is 5. The van der Waals surface area contributed by atoms with Gasteiger partial charge in [0.05, 0.1) is 5.56 Å². The number of aromatic carboxylic acids is 1. The van der Waals surface area contributed by atoms with E-state index < -0.39 is 5.97 Å². The SMILES string of the molecule is C\C=C/C=C(\C=C(/C)c1nnc(-c2ccc(C(=O)O)cc2)o1)NC(=O)Nc1ccc(C(C)C)cc1. The summed E-state index contributed by atoms with van der Waals surface area (Å²) < 4.78 is 5.76. The molecular formula is C27H28N4O4. The summed E-state index contributed by atoms with van der Waals surface area (Å²) in [5.41, 5.74) is 3.83. The Bertz CT molecular complexity index is 1270. The van der Waals surface area contributed by atoms with Gasteiger partial charge in [0, 0.05) is 22.5 Å². The van der Waals surface area contributed by atoms with Crippen molar-refractivity contribution in [3.8, 4) is 11.5 Å². The van der Waals surface area contributed by atoms with E-state index in [1.807, 2.05) is 37.3 Å². The molecule has 0 radical (unpaired) electrons. The smallest absolute Gasteiger partial charge is 0.335 e. The van der Waals surface area contributed by atoms with E-state index in [0.717, 1.165) is 0 Å². The molecule has 3 rings (SSSR count). The first kappa shape index (κ1) is 25.2. The molecule has 0 atom stereocenters. The highest BCUT2D eigenvalue weighted by atomic mass is 16.4. The first-order chi connectivity index (χ1) is 16.8. The summed E-state index contributed by atoms with van der Waals surface area (Å²) >= 11 is 0. The molecule has 0 bridgehead atoms. The fourth-order valence-electron chi connectivity index (χ4n) is 3.12. The minimum Gasteiger partial charge on any atom is -0.478 e. The van der Waals surface area contributed by atoms with Gasteiger partial charge in [0.25, 0.3) is 0 Å². The summed E-state index contributed by atoms with van der Waals surface area (Å²) in [5, 5.41) is 22.8. The Kier molecular flexibility index (Phi) is 8.34. The number of rotatable bonds is 8. The number of urea groups is 1. The van der Waals surface area contributed by atoms with Gasteiger partial charge < -0.3 is 20.2 Å². The molecule has 0 aliphatic heterocycles. The van der Waals surface area contributed by atoms with Crippen LogP contribution in [-0.4, -0.2) is 27.3 Å². The van der Waals surface area contributed by atoms with Crippen molar-refractivity contribution < 1.29 is 19.1 Å². The van der Waals surface area contributed by atoms with Crippen molar-refractivity contribution in [2.45, 2.75) is 33.6 Å². The lowest BCUT2D eigenvalue weighted by molar-refractivity contribution is 0.0697. The second kappa shape index (κ2) is 11.6. The van der Waals surface area contributed by atoms with Gasteiger partial charge >= 0.3 is 12.0 Å². The van der Waals surface area contributed by atoms with Crippen molar-refractivity contribution in [2.24, 2.45) is 0 Å². The van der Waals surface area contributed by atoms with Crippen LogP contribution in [0.2, 0.25) is 0 Å². The minimum absolute atomic E-state index is 0.170. The lowest BCUT2D eigenvalue weighted by atomic mass is 10.0. The highest BCUT2D eigenvalue weighted by Gasteiger charge is 2.12. The van der Waals surface area contributed by atoms with E-state index in [0.29, 0.717) is 28.4 Å².